The van der Waals surface area contributed by atoms with Crippen molar-refractivity contribution in [2.24, 2.45) is 0 Å². The zero-order chi connectivity index (χ0) is 16.6. The predicted molar refractivity (Wildman–Crippen MR) is 105 cm³/mol. The van der Waals surface area contributed by atoms with Gasteiger partial charge >= 0.3 is 0 Å². The third-order valence-corrected chi connectivity index (χ3v) is 6.51. The minimum Gasteiger partial charge on any atom is -0.361 e. The van der Waals surface area contributed by atoms with Crippen LogP contribution in [0.4, 0.5) is 0 Å². The molecule has 3 aliphatic heterocycles. The molecule has 3 aliphatic rings. The smallest absolute Gasteiger partial charge is 0.0457 e. The molecule has 2 fully saturated rings. The molecule has 1 aromatic carbocycles. The van der Waals surface area contributed by atoms with Crippen molar-refractivity contribution < 1.29 is 0 Å². The number of rotatable bonds is 4. The summed E-state index contributed by atoms with van der Waals surface area (Å²) in [6, 6.07) is 7.74. The summed E-state index contributed by atoms with van der Waals surface area (Å²) in [4.78, 5) is 8.75. The number of hydrogen-bond acceptors (Lipinski definition) is 2. The quantitative estimate of drug-likeness (QED) is 0.910. The van der Waals surface area contributed by atoms with Crippen molar-refractivity contribution >= 4 is 16.5 Å². The van der Waals surface area contributed by atoms with Crippen molar-refractivity contribution in [3.63, 3.8) is 0 Å². The van der Waals surface area contributed by atoms with E-state index in [0.717, 1.165) is 0 Å². The van der Waals surface area contributed by atoms with Gasteiger partial charge in [-0.1, -0.05) is 12.1 Å². The molecular weight excluding hydrogens is 306 g/mol. The summed E-state index contributed by atoms with van der Waals surface area (Å²) >= 11 is 0. The normalized spacial score (nSPS) is 24.8. The Labute approximate surface area is 150 Å². The minimum atomic E-state index is 0.695. The topological polar surface area (TPSA) is 22.3 Å². The Morgan fingerprint density at radius 1 is 1.04 bits per heavy atom. The summed E-state index contributed by atoms with van der Waals surface area (Å²) in [5.41, 5.74) is 5.79. The molecule has 1 atom stereocenters. The fourth-order valence-corrected chi connectivity index (χ4v) is 5.01. The largest absolute Gasteiger partial charge is 0.361 e. The first-order chi connectivity index (χ1) is 12.4. The Morgan fingerprint density at radius 2 is 1.96 bits per heavy atom. The van der Waals surface area contributed by atoms with Gasteiger partial charge in [0.05, 0.1) is 0 Å². The average Bonchev–Trinajstić information content (AvgIpc) is 3.39. The Morgan fingerprint density at radius 3 is 2.88 bits per heavy atom. The summed E-state index contributed by atoms with van der Waals surface area (Å²) in [5, 5.41) is 1.44. The molecular formula is C22H29N3. The van der Waals surface area contributed by atoms with Gasteiger partial charge in [-0.15, -0.1) is 0 Å². The van der Waals surface area contributed by atoms with Crippen LogP contribution in [0.15, 0.2) is 30.5 Å². The van der Waals surface area contributed by atoms with Gasteiger partial charge in [0.15, 0.2) is 0 Å². The summed E-state index contributed by atoms with van der Waals surface area (Å²) in [6.45, 7) is 6.32. The first-order valence-electron chi connectivity index (χ1n) is 10.1. The Kier molecular flexibility index (Phi) is 4.15. The SMILES string of the molecule is C1=C(c2ccc3[nH]cc(CCN4CCCC4)c3c2)CCN2CCCC12. The molecule has 25 heavy (non-hydrogen) atoms. The summed E-state index contributed by atoms with van der Waals surface area (Å²) < 4.78 is 0. The van der Waals surface area contributed by atoms with Gasteiger partial charge in [-0.3, -0.25) is 4.90 Å². The van der Waals surface area contributed by atoms with Crippen LogP contribution in [0, 0.1) is 0 Å². The van der Waals surface area contributed by atoms with Crippen LogP contribution in [0.3, 0.4) is 0 Å². The van der Waals surface area contributed by atoms with Crippen LogP contribution in [-0.4, -0.2) is 53.5 Å². The molecule has 4 heterocycles. The van der Waals surface area contributed by atoms with E-state index in [-0.39, 0.29) is 0 Å². The molecule has 1 N–H and O–H groups in total. The van der Waals surface area contributed by atoms with Crippen LogP contribution in [0.2, 0.25) is 0 Å². The second-order valence-electron chi connectivity index (χ2n) is 8.06. The fraction of sp³-hybridized carbons (Fsp3) is 0.545. The second-order valence-corrected chi connectivity index (χ2v) is 8.06. The maximum Gasteiger partial charge on any atom is 0.0457 e. The van der Waals surface area contributed by atoms with Crippen LogP contribution >= 0.6 is 0 Å². The number of likely N-dealkylation sites (tertiary alicyclic amines) is 1. The lowest BCUT2D eigenvalue weighted by Gasteiger charge is -2.28. The van der Waals surface area contributed by atoms with E-state index >= 15 is 0 Å². The van der Waals surface area contributed by atoms with Crippen LogP contribution < -0.4 is 0 Å². The first kappa shape index (κ1) is 15.7. The molecule has 1 aromatic heterocycles. The van der Waals surface area contributed by atoms with E-state index in [1.807, 2.05) is 0 Å². The van der Waals surface area contributed by atoms with Crippen LogP contribution in [0.1, 0.15) is 43.2 Å². The lowest BCUT2D eigenvalue weighted by Crippen LogP contribution is -2.32. The monoisotopic (exact) mass is 335 g/mol. The average molecular weight is 335 g/mol. The lowest BCUT2D eigenvalue weighted by molar-refractivity contribution is 0.288. The molecule has 0 spiro atoms. The molecule has 0 amide bonds. The van der Waals surface area contributed by atoms with Crippen molar-refractivity contribution in [2.45, 2.75) is 44.6 Å². The summed E-state index contributed by atoms with van der Waals surface area (Å²) in [5.74, 6) is 0. The number of H-pyrrole nitrogens is 1. The fourth-order valence-electron chi connectivity index (χ4n) is 5.01. The molecule has 0 saturated carbocycles. The van der Waals surface area contributed by atoms with E-state index < -0.39 is 0 Å². The molecule has 132 valence electrons. The van der Waals surface area contributed by atoms with E-state index in [2.05, 4.69) is 45.3 Å². The van der Waals surface area contributed by atoms with Gasteiger partial charge in [-0.25, -0.2) is 0 Å². The minimum absolute atomic E-state index is 0.695. The van der Waals surface area contributed by atoms with Gasteiger partial charge in [0.25, 0.3) is 0 Å². The van der Waals surface area contributed by atoms with Crippen molar-refractivity contribution in [1.82, 2.24) is 14.8 Å². The van der Waals surface area contributed by atoms with Crippen LogP contribution in [0.5, 0.6) is 0 Å². The third-order valence-electron chi connectivity index (χ3n) is 6.51. The van der Waals surface area contributed by atoms with Gasteiger partial charge in [-0.2, -0.15) is 0 Å². The number of hydrogen-bond donors (Lipinski definition) is 1. The van der Waals surface area contributed by atoms with Gasteiger partial charge in [0.2, 0.25) is 0 Å². The first-order valence-corrected chi connectivity index (χ1v) is 10.1. The Balaban J connectivity index is 1.39. The van der Waals surface area contributed by atoms with E-state index in [1.54, 1.807) is 5.57 Å². The highest BCUT2D eigenvalue weighted by molar-refractivity contribution is 5.87. The number of nitrogens with zero attached hydrogens (tertiary/aromatic N) is 2. The highest BCUT2D eigenvalue weighted by atomic mass is 15.2. The number of benzene rings is 1. The van der Waals surface area contributed by atoms with Crippen LogP contribution in [-0.2, 0) is 6.42 Å². The van der Waals surface area contributed by atoms with E-state index in [4.69, 9.17) is 0 Å². The summed E-state index contributed by atoms with van der Waals surface area (Å²) in [6.07, 6.45) is 12.6. The van der Waals surface area contributed by atoms with Crippen molar-refractivity contribution in [2.75, 3.05) is 32.7 Å². The van der Waals surface area contributed by atoms with E-state index in [0.29, 0.717) is 6.04 Å². The maximum absolute atomic E-state index is 3.48. The van der Waals surface area contributed by atoms with Gasteiger partial charge < -0.3 is 9.88 Å². The zero-order valence-electron chi connectivity index (χ0n) is 15.1. The maximum atomic E-state index is 3.48. The highest BCUT2D eigenvalue weighted by Crippen LogP contribution is 2.32. The number of aromatic amines is 1. The molecule has 3 heteroatoms. The summed E-state index contributed by atoms with van der Waals surface area (Å²) in [7, 11) is 0. The Hall–Kier alpha value is -1.58. The lowest BCUT2D eigenvalue weighted by atomic mass is 9.94. The molecule has 3 nitrogen and oxygen atoms in total. The van der Waals surface area contributed by atoms with Crippen molar-refractivity contribution in [1.29, 1.82) is 0 Å². The number of nitrogens with one attached hydrogen (secondary N) is 1. The number of aromatic nitrogens is 1. The molecule has 0 radical (unpaired) electrons. The van der Waals surface area contributed by atoms with Crippen molar-refractivity contribution in [3.05, 3.63) is 41.6 Å². The van der Waals surface area contributed by atoms with E-state index in [1.165, 1.54) is 93.3 Å². The molecule has 0 bridgehead atoms. The van der Waals surface area contributed by atoms with Crippen LogP contribution in [0.25, 0.3) is 16.5 Å². The Bertz CT molecular complexity index is 782. The third kappa shape index (κ3) is 3.04. The predicted octanol–water partition coefficient (Wildman–Crippen LogP) is 4.06. The van der Waals surface area contributed by atoms with E-state index in [9.17, 15) is 0 Å². The molecule has 0 aliphatic carbocycles. The van der Waals surface area contributed by atoms with Gasteiger partial charge in [0, 0.05) is 36.2 Å². The standard InChI is InChI=1S/C22H29N3/c1-2-10-24(9-1)12-7-19-16-23-22-6-5-17(15-21(19)22)18-8-13-25-11-3-4-20(25)14-18/h5-6,14-16,20,23H,1-4,7-13H2. The second kappa shape index (κ2) is 6.62. The van der Waals surface area contributed by atoms with Crippen molar-refractivity contribution in [3.8, 4) is 0 Å². The highest BCUT2D eigenvalue weighted by Gasteiger charge is 2.26. The molecule has 1 unspecified atom stereocenters. The van der Waals surface area contributed by atoms with Gasteiger partial charge in [0.1, 0.15) is 0 Å². The number of fused-ring (bicyclic) bond motifs is 2. The van der Waals surface area contributed by atoms with Gasteiger partial charge in [-0.05, 0) is 87.0 Å². The molecule has 2 aromatic rings. The molecule has 5 rings (SSSR count). The zero-order valence-corrected chi connectivity index (χ0v) is 15.1. The molecule has 2 saturated heterocycles.